The number of esters is 2. The molecular formula is C34H32O4. The lowest BCUT2D eigenvalue weighted by Crippen LogP contribution is -2.46. The minimum atomic E-state index is -0.718. The Labute approximate surface area is 224 Å². The second kappa shape index (κ2) is 10.7. The van der Waals surface area contributed by atoms with Gasteiger partial charge in [0, 0.05) is 5.92 Å². The minimum absolute atomic E-state index is 0.184. The molecule has 0 fully saturated rings. The summed E-state index contributed by atoms with van der Waals surface area (Å²) in [7, 11) is 0. The van der Waals surface area contributed by atoms with E-state index in [0.717, 1.165) is 33.4 Å². The smallest absolute Gasteiger partial charge is 0.338 e. The summed E-state index contributed by atoms with van der Waals surface area (Å²) >= 11 is 0. The Morgan fingerprint density at radius 1 is 0.553 bits per heavy atom. The van der Waals surface area contributed by atoms with Gasteiger partial charge in [0.25, 0.3) is 0 Å². The van der Waals surface area contributed by atoms with Crippen molar-refractivity contribution in [3.63, 3.8) is 0 Å². The van der Waals surface area contributed by atoms with Crippen molar-refractivity contribution in [1.29, 1.82) is 0 Å². The van der Waals surface area contributed by atoms with Crippen LogP contribution in [0.5, 0.6) is 0 Å². The van der Waals surface area contributed by atoms with Crippen LogP contribution in [0.15, 0.2) is 97.1 Å². The molecule has 4 aromatic rings. The fourth-order valence-electron chi connectivity index (χ4n) is 5.38. The molecule has 5 rings (SSSR count). The molecule has 2 unspecified atom stereocenters. The van der Waals surface area contributed by atoms with Gasteiger partial charge in [0.15, 0.2) is 6.10 Å². The van der Waals surface area contributed by atoms with Crippen LogP contribution in [0, 0.1) is 20.8 Å². The molecular weight excluding hydrogens is 472 g/mol. The highest BCUT2D eigenvalue weighted by molar-refractivity contribution is 5.90. The van der Waals surface area contributed by atoms with E-state index in [0.29, 0.717) is 11.1 Å². The highest BCUT2D eigenvalue weighted by atomic mass is 16.6. The maximum absolute atomic E-state index is 13.5. The number of carbonyl (C=O) groups is 2. The van der Waals surface area contributed by atoms with Crippen LogP contribution in [0.1, 0.15) is 72.9 Å². The van der Waals surface area contributed by atoms with Gasteiger partial charge in [-0.05, 0) is 67.3 Å². The summed E-state index contributed by atoms with van der Waals surface area (Å²) in [4.78, 5) is 26.8. The third kappa shape index (κ3) is 4.99. The van der Waals surface area contributed by atoms with Gasteiger partial charge in [0.2, 0.25) is 0 Å². The second-order valence-corrected chi connectivity index (χ2v) is 10.2. The molecule has 0 spiro atoms. The summed E-state index contributed by atoms with van der Waals surface area (Å²) in [5.41, 5.74) is 7.36. The fraction of sp³-hybridized carbons (Fsp3) is 0.235. The Morgan fingerprint density at radius 3 is 1.53 bits per heavy atom. The minimum Gasteiger partial charge on any atom is -0.454 e. The van der Waals surface area contributed by atoms with Gasteiger partial charge in [0.05, 0.1) is 17.0 Å². The largest absolute Gasteiger partial charge is 0.454 e. The van der Waals surface area contributed by atoms with E-state index in [9.17, 15) is 9.59 Å². The summed E-state index contributed by atoms with van der Waals surface area (Å²) in [6.45, 7) is 8.04. The lowest BCUT2D eigenvalue weighted by molar-refractivity contribution is -0.0532. The third-order valence-corrected chi connectivity index (χ3v) is 7.55. The molecule has 0 bridgehead atoms. The number of benzene rings is 4. The molecule has 0 amide bonds. The van der Waals surface area contributed by atoms with E-state index >= 15 is 0 Å². The Hall–Kier alpha value is -4.18. The number of carbonyl (C=O) groups excluding carboxylic acids is 2. The van der Waals surface area contributed by atoms with Crippen LogP contribution in [-0.4, -0.2) is 24.1 Å². The van der Waals surface area contributed by atoms with Crippen molar-refractivity contribution in [3.05, 3.63) is 142 Å². The number of fused-ring (bicyclic) bond motifs is 1. The summed E-state index contributed by atoms with van der Waals surface area (Å²) < 4.78 is 12.5. The molecule has 0 saturated heterocycles. The Balaban J connectivity index is 1.61. The van der Waals surface area contributed by atoms with Crippen molar-refractivity contribution in [2.75, 3.05) is 0 Å². The zero-order valence-corrected chi connectivity index (χ0v) is 22.2. The molecule has 0 aromatic heterocycles. The standard InChI is InChI=1S/C34H32O4/c1-21-13-17-25(18-14-21)33(35)37-31-24(4)28-11-7-8-12-29(28)30(27-10-6-5-9-23(27)3)32(31)38-34(36)26-19-15-22(2)16-20-26/h5-20,24,30-32H,1-4H3/t24-,30-,31?,32?/m0/s1. The summed E-state index contributed by atoms with van der Waals surface area (Å²) in [5, 5.41) is 0. The first-order valence-corrected chi connectivity index (χ1v) is 13.0. The van der Waals surface area contributed by atoms with Crippen LogP contribution < -0.4 is 0 Å². The van der Waals surface area contributed by atoms with Crippen molar-refractivity contribution >= 4 is 11.9 Å². The predicted molar refractivity (Wildman–Crippen MR) is 149 cm³/mol. The van der Waals surface area contributed by atoms with Gasteiger partial charge in [-0.1, -0.05) is 90.8 Å². The summed E-state index contributed by atoms with van der Waals surface area (Å²) in [5.74, 6) is -1.34. The van der Waals surface area contributed by atoms with Crippen LogP contribution >= 0.6 is 0 Å². The van der Waals surface area contributed by atoms with Crippen LogP contribution in [0.3, 0.4) is 0 Å². The number of rotatable bonds is 5. The first-order valence-electron chi connectivity index (χ1n) is 13.0. The van der Waals surface area contributed by atoms with E-state index in [1.807, 2.05) is 69.3 Å². The van der Waals surface area contributed by atoms with E-state index in [1.54, 1.807) is 24.3 Å². The first-order chi connectivity index (χ1) is 18.3. The molecule has 4 aromatic carbocycles. The number of hydrogen-bond acceptors (Lipinski definition) is 4. The lowest BCUT2D eigenvalue weighted by atomic mass is 9.70. The van der Waals surface area contributed by atoms with E-state index in [-0.39, 0.29) is 11.8 Å². The van der Waals surface area contributed by atoms with Crippen molar-refractivity contribution in [2.24, 2.45) is 0 Å². The molecule has 1 aliphatic carbocycles. The van der Waals surface area contributed by atoms with Crippen LogP contribution in [-0.2, 0) is 9.47 Å². The zero-order valence-electron chi connectivity index (χ0n) is 22.2. The van der Waals surface area contributed by atoms with E-state index in [1.165, 1.54) is 0 Å². The Kier molecular flexibility index (Phi) is 7.15. The van der Waals surface area contributed by atoms with Gasteiger partial charge >= 0.3 is 11.9 Å². The Morgan fingerprint density at radius 2 is 1.00 bits per heavy atom. The quantitative estimate of drug-likeness (QED) is 0.267. The van der Waals surface area contributed by atoms with Crippen LogP contribution in [0.25, 0.3) is 0 Å². The monoisotopic (exact) mass is 504 g/mol. The van der Waals surface area contributed by atoms with Crippen LogP contribution in [0.4, 0.5) is 0 Å². The van der Waals surface area contributed by atoms with Gasteiger partial charge in [0.1, 0.15) is 6.10 Å². The molecule has 4 nitrogen and oxygen atoms in total. The van der Waals surface area contributed by atoms with Gasteiger partial charge in [-0.15, -0.1) is 0 Å². The van der Waals surface area contributed by atoms with Gasteiger partial charge in [-0.25, -0.2) is 9.59 Å². The lowest BCUT2D eigenvalue weighted by Gasteiger charge is -2.42. The third-order valence-electron chi connectivity index (χ3n) is 7.55. The molecule has 0 saturated carbocycles. The topological polar surface area (TPSA) is 52.6 Å². The molecule has 1 aliphatic rings. The van der Waals surface area contributed by atoms with Crippen molar-refractivity contribution in [1.82, 2.24) is 0 Å². The Bertz CT molecular complexity index is 1450. The average molecular weight is 505 g/mol. The first kappa shape index (κ1) is 25.5. The van der Waals surface area contributed by atoms with E-state index < -0.39 is 24.1 Å². The van der Waals surface area contributed by atoms with Crippen molar-refractivity contribution < 1.29 is 19.1 Å². The number of aryl methyl sites for hydroxylation is 3. The summed E-state index contributed by atoms with van der Waals surface area (Å²) in [6, 6.07) is 30.9. The molecule has 0 N–H and O–H groups in total. The predicted octanol–water partition coefficient (Wildman–Crippen LogP) is 7.31. The SMILES string of the molecule is Cc1ccc(C(=O)OC2C(OC(=O)c3ccc(C)cc3)[C@@H](C)c3ccccc3[C@@H]2c2ccccc2C)cc1. The normalized spacial score (nSPS) is 20.3. The zero-order chi connectivity index (χ0) is 26.8. The second-order valence-electron chi connectivity index (χ2n) is 10.2. The van der Waals surface area contributed by atoms with Gasteiger partial charge < -0.3 is 9.47 Å². The molecule has 4 heteroatoms. The maximum atomic E-state index is 13.5. The molecule has 0 heterocycles. The molecule has 192 valence electrons. The molecule has 38 heavy (non-hydrogen) atoms. The van der Waals surface area contributed by atoms with E-state index in [4.69, 9.17) is 9.47 Å². The highest BCUT2D eigenvalue weighted by Gasteiger charge is 2.46. The summed E-state index contributed by atoms with van der Waals surface area (Å²) in [6.07, 6.45) is -1.40. The average Bonchev–Trinajstić information content (AvgIpc) is 2.92. The van der Waals surface area contributed by atoms with Gasteiger partial charge in [-0.3, -0.25) is 0 Å². The number of ether oxygens (including phenoxy) is 2. The molecule has 4 atom stereocenters. The van der Waals surface area contributed by atoms with Crippen LogP contribution in [0.2, 0.25) is 0 Å². The fourth-order valence-corrected chi connectivity index (χ4v) is 5.38. The van der Waals surface area contributed by atoms with E-state index in [2.05, 4.69) is 31.2 Å². The molecule has 0 radical (unpaired) electrons. The maximum Gasteiger partial charge on any atom is 0.338 e. The van der Waals surface area contributed by atoms with Crippen molar-refractivity contribution in [3.8, 4) is 0 Å². The molecule has 0 aliphatic heterocycles. The highest BCUT2D eigenvalue weighted by Crippen LogP contribution is 2.46. The number of hydrogen-bond donors (Lipinski definition) is 0. The van der Waals surface area contributed by atoms with Gasteiger partial charge in [-0.2, -0.15) is 0 Å². The van der Waals surface area contributed by atoms with Crippen molar-refractivity contribution in [2.45, 2.75) is 51.7 Å².